The average Bonchev–Trinajstić information content (AvgIpc) is 2.88. The first-order chi connectivity index (χ1) is 6.66. The molecule has 1 fully saturated rings. The Labute approximate surface area is 97.7 Å². The molecular weight excluding hydrogens is 239 g/mol. The van der Waals surface area contributed by atoms with Crippen molar-refractivity contribution >= 4 is 34.5 Å². The minimum absolute atomic E-state index is 0.438. The average molecular weight is 251 g/mol. The van der Waals surface area contributed by atoms with Gasteiger partial charge in [-0.2, -0.15) is 0 Å². The Balaban J connectivity index is 1.94. The molecule has 78 valence electrons. The third-order valence-electron chi connectivity index (χ3n) is 2.59. The minimum atomic E-state index is -0.438. The van der Waals surface area contributed by atoms with Gasteiger partial charge in [0.05, 0.1) is 10.4 Å². The third-order valence-corrected chi connectivity index (χ3v) is 4.11. The molecule has 1 aromatic rings. The molecule has 0 aromatic carbocycles. The van der Waals surface area contributed by atoms with Crippen LogP contribution in [0.4, 0.5) is 0 Å². The Bertz CT molecular complexity index is 320. The molecular formula is C10H12Cl2OS. The second kappa shape index (κ2) is 4.40. The maximum atomic E-state index is 9.85. The summed E-state index contributed by atoms with van der Waals surface area (Å²) in [5.41, 5.74) is 0.794. The van der Waals surface area contributed by atoms with Crippen molar-refractivity contribution in [3.05, 3.63) is 20.3 Å². The molecule has 0 bridgehead atoms. The molecule has 1 aromatic heterocycles. The van der Waals surface area contributed by atoms with Gasteiger partial charge in [0.15, 0.2) is 0 Å². The van der Waals surface area contributed by atoms with Crippen LogP contribution in [0.25, 0.3) is 0 Å². The van der Waals surface area contributed by atoms with Gasteiger partial charge in [-0.1, -0.05) is 36.0 Å². The van der Waals surface area contributed by atoms with Gasteiger partial charge in [0.1, 0.15) is 4.34 Å². The van der Waals surface area contributed by atoms with E-state index in [-0.39, 0.29) is 0 Å². The highest BCUT2D eigenvalue weighted by Gasteiger charge is 2.23. The zero-order valence-corrected chi connectivity index (χ0v) is 10.0. The van der Waals surface area contributed by atoms with E-state index in [4.69, 9.17) is 23.2 Å². The van der Waals surface area contributed by atoms with E-state index in [0.29, 0.717) is 8.67 Å². The largest absolute Gasteiger partial charge is 0.388 e. The maximum absolute atomic E-state index is 9.85. The van der Waals surface area contributed by atoms with Crippen LogP contribution in [-0.2, 0) is 0 Å². The zero-order chi connectivity index (χ0) is 10.1. The Hall–Kier alpha value is 0.240. The lowest BCUT2D eigenvalue weighted by atomic mass is 10.1. The number of rotatable bonds is 4. The summed E-state index contributed by atoms with van der Waals surface area (Å²) >= 11 is 13.1. The van der Waals surface area contributed by atoms with Gasteiger partial charge in [-0.05, 0) is 24.8 Å². The fourth-order valence-corrected chi connectivity index (χ4v) is 3.10. The Morgan fingerprint density at radius 3 is 2.71 bits per heavy atom. The number of thiophene rings is 1. The van der Waals surface area contributed by atoms with Gasteiger partial charge < -0.3 is 5.11 Å². The predicted molar refractivity (Wildman–Crippen MR) is 61.3 cm³/mol. The molecule has 1 heterocycles. The second-order valence-electron chi connectivity index (χ2n) is 3.82. The topological polar surface area (TPSA) is 20.2 Å². The van der Waals surface area contributed by atoms with Gasteiger partial charge in [0, 0.05) is 5.56 Å². The number of hydrogen-bond acceptors (Lipinski definition) is 2. The first-order valence-corrected chi connectivity index (χ1v) is 6.37. The summed E-state index contributed by atoms with van der Waals surface area (Å²) in [6, 6.07) is 1.77. The molecule has 0 spiro atoms. The van der Waals surface area contributed by atoms with Crippen molar-refractivity contribution < 1.29 is 5.11 Å². The summed E-state index contributed by atoms with van der Waals surface area (Å²) in [6.45, 7) is 0. The molecule has 4 heteroatoms. The number of hydrogen-bond donors (Lipinski definition) is 1. The molecule has 0 saturated heterocycles. The van der Waals surface area contributed by atoms with Gasteiger partial charge in [0.2, 0.25) is 0 Å². The molecule has 0 amide bonds. The van der Waals surface area contributed by atoms with Crippen molar-refractivity contribution in [3.63, 3.8) is 0 Å². The van der Waals surface area contributed by atoms with Crippen molar-refractivity contribution in [1.29, 1.82) is 0 Å². The molecule has 1 saturated carbocycles. The first-order valence-electron chi connectivity index (χ1n) is 4.79. The van der Waals surface area contributed by atoms with Crippen LogP contribution in [0, 0.1) is 5.92 Å². The monoisotopic (exact) mass is 250 g/mol. The molecule has 2 rings (SSSR count). The van der Waals surface area contributed by atoms with E-state index in [1.807, 2.05) is 0 Å². The highest BCUT2D eigenvalue weighted by atomic mass is 35.5. The van der Waals surface area contributed by atoms with Crippen LogP contribution >= 0.6 is 34.5 Å². The number of halogens is 2. The Morgan fingerprint density at radius 2 is 2.21 bits per heavy atom. The predicted octanol–water partition coefficient (Wildman–Crippen LogP) is 4.28. The van der Waals surface area contributed by atoms with Gasteiger partial charge in [0.25, 0.3) is 0 Å². The highest BCUT2D eigenvalue weighted by molar-refractivity contribution is 7.20. The van der Waals surface area contributed by atoms with Crippen molar-refractivity contribution in [3.8, 4) is 0 Å². The molecule has 1 unspecified atom stereocenters. The number of aliphatic hydroxyl groups is 1. The van der Waals surface area contributed by atoms with Crippen molar-refractivity contribution in [2.24, 2.45) is 5.92 Å². The summed E-state index contributed by atoms with van der Waals surface area (Å²) in [6.07, 6.45) is 4.12. The fraction of sp³-hybridized carbons (Fsp3) is 0.600. The summed E-state index contributed by atoms with van der Waals surface area (Å²) < 4.78 is 1.27. The van der Waals surface area contributed by atoms with Gasteiger partial charge >= 0.3 is 0 Å². The van der Waals surface area contributed by atoms with Crippen LogP contribution in [0.3, 0.4) is 0 Å². The van der Waals surface area contributed by atoms with E-state index >= 15 is 0 Å². The van der Waals surface area contributed by atoms with Crippen molar-refractivity contribution in [1.82, 2.24) is 0 Å². The summed E-state index contributed by atoms with van der Waals surface area (Å²) in [7, 11) is 0. The fourth-order valence-electron chi connectivity index (χ4n) is 1.54. The summed E-state index contributed by atoms with van der Waals surface area (Å²) in [5, 5.41) is 9.85. The summed E-state index contributed by atoms with van der Waals surface area (Å²) in [5.74, 6) is 0.845. The van der Waals surface area contributed by atoms with E-state index in [1.165, 1.54) is 24.2 Å². The molecule has 0 aliphatic heterocycles. The van der Waals surface area contributed by atoms with E-state index < -0.39 is 6.10 Å². The standard InChI is InChI=1S/C10H12Cl2OS/c11-9-5-7(10(12)14-9)8(13)4-3-6-1-2-6/h5-6,8,13H,1-4H2. The van der Waals surface area contributed by atoms with Crippen LogP contribution in [0.5, 0.6) is 0 Å². The quantitative estimate of drug-likeness (QED) is 0.846. The lowest BCUT2D eigenvalue weighted by Gasteiger charge is -2.08. The molecule has 14 heavy (non-hydrogen) atoms. The van der Waals surface area contributed by atoms with E-state index in [0.717, 1.165) is 24.3 Å². The van der Waals surface area contributed by atoms with Crippen LogP contribution in [0.1, 0.15) is 37.4 Å². The summed E-state index contributed by atoms with van der Waals surface area (Å²) in [4.78, 5) is 0. The van der Waals surface area contributed by atoms with Crippen LogP contribution < -0.4 is 0 Å². The molecule has 1 aliphatic rings. The zero-order valence-electron chi connectivity index (χ0n) is 7.67. The molecule has 1 atom stereocenters. The van der Waals surface area contributed by atoms with Crippen LogP contribution in [-0.4, -0.2) is 5.11 Å². The Kier molecular flexibility index (Phi) is 3.38. The van der Waals surface area contributed by atoms with E-state index in [1.54, 1.807) is 6.07 Å². The van der Waals surface area contributed by atoms with Crippen LogP contribution in [0.15, 0.2) is 6.07 Å². The van der Waals surface area contributed by atoms with E-state index in [9.17, 15) is 5.11 Å². The Morgan fingerprint density at radius 1 is 1.50 bits per heavy atom. The van der Waals surface area contributed by atoms with Crippen molar-refractivity contribution in [2.45, 2.75) is 31.8 Å². The maximum Gasteiger partial charge on any atom is 0.100 e. The third kappa shape index (κ3) is 2.63. The smallest absolute Gasteiger partial charge is 0.100 e. The molecule has 0 radical (unpaired) electrons. The van der Waals surface area contributed by atoms with Gasteiger partial charge in [-0.3, -0.25) is 0 Å². The van der Waals surface area contributed by atoms with Crippen LogP contribution in [0.2, 0.25) is 8.67 Å². The second-order valence-corrected chi connectivity index (χ2v) is 6.10. The van der Waals surface area contributed by atoms with Gasteiger partial charge in [-0.15, -0.1) is 11.3 Å². The number of aliphatic hydroxyl groups excluding tert-OH is 1. The minimum Gasteiger partial charge on any atom is -0.388 e. The molecule has 1 N–H and O–H groups in total. The molecule has 1 aliphatic carbocycles. The van der Waals surface area contributed by atoms with E-state index in [2.05, 4.69) is 0 Å². The normalized spacial score (nSPS) is 18.5. The SMILES string of the molecule is OC(CCC1CC1)c1cc(Cl)sc1Cl. The van der Waals surface area contributed by atoms with Gasteiger partial charge in [-0.25, -0.2) is 0 Å². The molecule has 1 nitrogen and oxygen atoms in total. The highest BCUT2D eigenvalue weighted by Crippen LogP contribution is 2.39. The lowest BCUT2D eigenvalue weighted by molar-refractivity contribution is 0.163. The lowest BCUT2D eigenvalue weighted by Crippen LogP contribution is -1.96. The van der Waals surface area contributed by atoms with Crippen molar-refractivity contribution in [2.75, 3.05) is 0 Å². The first kappa shape index (κ1) is 10.7.